The van der Waals surface area contributed by atoms with Crippen LogP contribution in [0.1, 0.15) is 32.8 Å². The minimum Gasteiger partial charge on any atom is -0.493 e. The molecule has 0 aliphatic carbocycles. The van der Waals surface area contributed by atoms with Crippen molar-refractivity contribution < 1.29 is 13.9 Å². The number of benzene rings is 1. The van der Waals surface area contributed by atoms with Crippen molar-refractivity contribution in [2.24, 2.45) is 5.92 Å². The summed E-state index contributed by atoms with van der Waals surface area (Å²) in [6.07, 6.45) is 0.296. The van der Waals surface area contributed by atoms with E-state index in [2.05, 4.69) is 24.5 Å². The predicted octanol–water partition coefficient (Wildman–Crippen LogP) is 2.48. The molecule has 0 spiro atoms. The fraction of sp³-hybridized carbons (Fsp3) is 0.562. The number of nitrogens with one attached hydrogen (secondary N) is 2. The van der Waals surface area contributed by atoms with Gasteiger partial charge in [0.15, 0.2) is 0 Å². The average molecular weight is 296 g/mol. The smallest absolute Gasteiger partial charge is 0.223 e. The third-order valence-electron chi connectivity index (χ3n) is 2.85. The Balaban J connectivity index is 2.53. The number of rotatable bonds is 9. The van der Waals surface area contributed by atoms with E-state index < -0.39 is 0 Å². The van der Waals surface area contributed by atoms with Gasteiger partial charge in [-0.1, -0.05) is 13.8 Å². The van der Waals surface area contributed by atoms with E-state index in [4.69, 9.17) is 4.74 Å². The Morgan fingerprint density at radius 3 is 2.81 bits per heavy atom. The summed E-state index contributed by atoms with van der Waals surface area (Å²) in [5.41, 5.74) is 0.770. The molecule has 21 heavy (non-hydrogen) atoms. The van der Waals surface area contributed by atoms with Crippen LogP contribution in [0.3, 0.4) is 0 Å². The number of carbonyl (C=O) groups is 1. The zero-order chi connectivity index (χ0) is 15.7. The van der Waals surface area contributed by atoms with Crippen LogP contribution in [-0.2, 0) is 11.3 Å². The van der Waals surface area contributed by atoms with Gasteiger partial charge in [0.05, 0.1) is 13.0 Å². The Morgan fingerprint density at radius 1 is 1.38 bits per heavy atom. The molecular formula is C16H25FN2O2. The number of hydrogen-bond acceptors (Lipinski definition) is 3. The van der Waals surface area contributed by atoms with Gasteiger partial charge in [-0.15, -0.1) is 0 Å². The highest BCUT2D eigenvalue weighted by Crippen LogP contribution is 2.20. The van der Waals surface area contributed by atoms with E-state index in [-0.39, 0.29) is 18.3 Å². The third kappa shape index (κ3) is 7.09. The maximum Gasteiger partial charge on any atom is 0.223 e. The second kappa shape index (κ2) is 9.34. The number of halogens is 1. The van der Waals surface area contributed by atoms with Crippen LogP contribution < -0.4 is 15.4 Å². The van der Waals surface area contributed by atoms with Crippen molar-refractivity contribution in [1.29, 1.82) is 0 Å². The Morgan fingerprint density at radius 2 is 2.14 bits per heavy atom. The normalized spacial score (nSPS) is 10.7. The zero-order valence-corrected chi connectivity index (χ0v) is 13.0. The molecule has 0 aromatic heterocycles. The molecule has 2 N–H and O–H groups in total. The van der Waals surface area contributed by atoms with Gasteiger partial charge in [-0.05, 0) is 37.6 Å². The number of hydrogen-bond donors (Lipinski definition) is 2. The Bertz CT molecular complexity index is 450. The fourth-order valence-corrected chi connectivity index (χ4v) is 1.86. The summed E-state index contributed by atoms with van der Waals surface area (Å²) in [6.45, 7) is 8.40. The maximum atomic E-state index is 13.3. The summed E-state index contributed by atoms with van der Waals surface area (Å²) < 4.78 is 18.9. The molecule has 0 heterocycles. The van der Waals surface area contributed by atoms with Crippen LogP contribution >= 0.6 is 0 Å². The Hall–Kier alpha value is -1.62. The highest BCUT2D eigenvalue weighted by Gasteiger charge is 2.07. The molecule has 0 saturated carbocycles. The minimum atomic E-state index is -0.285. The van der Waals surface area contributed by atoms with Crippen molar-refractivity contribution in [1.82, 2.24) is 10.6 Å². The molecule has 0 aliphatic heterocycles. The van der Waals surface area contributed by atoms with Crippen molar-refractivity contribution >= 4 is 5.91 Å². The molecule has 0 aliphatic rings. The molecule has 0 radical (unpaired) electrons. The summed E-state index contributed by atoms with van der Waals surface area (Å²) in [4.78, 5) is 11.4. The van der Waals surface area contributed by atoms with Crippen molar-refractivity contribution in [2.75, 3.05) is 19.7 Å². The second-order valence-corrected chi connectivity index (χ2v) is 5.33. The van der Waals surface area contributed by atoms with Gasteiger partial charge in [-0.2, -0.15) is 0 Å². The van der Waals surface area contributed by atoms with Gasteiger partial charge in [-0.3, -0.25) is 4.79 Å². The summed E-state index contributed by atoms with van der Waals surface area (Å²) in [5, 5.41) is 5.97. The predicted molar refractivity (Wildman–Crippen MR) is 81.7 cm³/mol. The molecule has 0 unspecified atom stereocenters. The van der Waals surface area contributed by atoms with Crippen LogP contribution in [0.4, 0.5) is 4.39 Å². The van der Waals surface area contributed by atoms with Crippen molar-refractivity contribution in [3.8, 4) is 5.75 Å². The van der Waals surface area contributed by atoms with Gasteiger partial charge >= 0.3 is 0 Å². The first kappa shape index (κ1) is 17.4. The molecule has 0 fully saturated rings. The SMILES string of the molecule is CCNC(=O)CCOc1ccc(F)cc1CNCC(C)C. The molecule has 4 nitrogen and oxygen atoms in total. The average Bonchev–Trinajstić information content (AvgIpc) is 2.41. The molecule has 1 aromatic carbocycles. The van der Waals surface area contributed by atoms with Crippen LogP contribution in [0.15, 0.2) is 18.2 Å². The number of amides is 1. The highest BCUT2D eigenvalue weighted by atomic mass is 19.1. The first-order chi connectivity index (χ1) is 10.0. The van der Waals surface area contributed by atoms with Gasteiger partial charge in [0.2, 0.25) is 5.91 Å². The lowest BCUT2D eigenvalue weighted by Crippen LogP contribution is -2.24. The molecule has 1 amide bonds. The lowest BCUT2D eigenvalue weighted by molar-refractivity contribution is -0.121. The van der Waals surface area contributed by atoms with Gasteiger partial charge < -0.3 is 15.4 Å². The molecule has 5 heteroatoms. The van der Waals surface area contributed by atoms with E-state index in [1.54, 1.807) is 6.07 Å². The summed E-state index contributed by atoms with van der Waals surface area (Å²) in [7, 11) is 0. The van der Waals surface area contributed by atoms with Crippen LogP contribution in [0.25, 0.3) is 0 Å². The first-order valence-electron chi connectivity index (χ1n) is 7.41. The van der Waals surface area contributed by atoms with E-state index in [1.807, 2.05) is 6.92 Å². The Labute approximate surface area is 126 Å². The fourth-order valence-electron chi connectivity index (χ4n) is 1.86. The number of carbonyl (C=O) groups excluding carboxylic acids is 1. The minimum absolute atomic E-state index is 0.0425. The van der Waals surface area contributed by atoms with Crippen molar-refractivity contribution in [3.05, 3.63) is 29.6 Å². The molecular weight excluding hydrogens is 271 g/mol. The van der Waals surface area contributed by atoms with Crippen LogP contribution in [0, 0.1) is 11.7 Å². The van der Waals surface area contributed by atoms with E-state index in [0.717, 1.165) is 12.1 Å². The van der Waals surface area contributed by atoms with Gasteiger partial charge in [0.1, 0.15) is 11.6 Å². The standard InChI is InChI=1S/C16H25FN2O2/c1-4-19-16(20)7-8-21-15-6-5-14(17)9-13(15)11-18-10-12(2)3/h5-6,9,12,18H,4,7-8,10-11H2,1-3H3,(H,19,20). The van der Waals surface area contributed by atoms with Crippen LogP contribution in [-0.4, -0.2) is 25.6 Å². The van der Waals surface area contributed by atoms with Gasteiger partial charge in [0.25, 0.3) is 0 Å². The largest absolute Gasteiger partial charge is 0.493 e. The molecule has 0 atom stereocenters. The maximum absolute atomic E-state index is 13.3. The monoisotopic (exact) mass is 296 g/mol. The molecule has 1 aromatic rings. The molecule has 118 valence electrons. The summed E-state index contributed by atoms with van der Waals surface area (Å²) in [5.74, 6) is 0.823. The summed E-state index contributed by atoms with van der Waals surface area (Å²) >= 11 is 0. The van der Waals surface area contributed by atoms with Gasteiger partial charge in [-0.25, -0.2) is 4.39 Å². The lowest BCUT2D eigenvalue weighted by atomic mass is 10.1. The second-order valence-electron chi connectivity index (χ2n) is 5.33. The van der Waals surface area contributed by atoms with E-state index in [0.29, 0.717) is 31.2 Å². The van der Waals surface area contributed by atoms with E-state index in [9.17, 15) is 9.18 Å². The number of ether oxygens (including phenoxy) is 1. The Kier molecular flexibility index (Phi) is 7.75. The van der Waals surface area contributed by atoms with E-state index >= 15 is 0 Å². The first-order valence-corrected chi connectivity index (χ1v) is 7.41. The quantitative estimate of drug-likeness (QED) is 0.736. The molecule has 1 rings (SSSR count). The van der Waals surface area contributed by atoms with Crippen LogP contribution in [0.5, 0.6) is 5.75 Å². The highest BCUT2D eigenvalue weighted by molar-refractivity contribution is 5.75. The molecule has 0 bridgehead atoms. The van der Waals surface area contributed by atoms with Crippen molar-refractivity contribution in [2.45, 2.75) is 33.7 Å². The summed E-state index contributed by atoms with van der Waals surface area (Å²) in [6, 6.07) is 4.45. The van der Waals surface area contributed by atoms with Crippen LogP contribution in [0.2, 0.25) is 0 Å². The lowest BCUT2D eigenvalue weighted by Gasteiger charge is -2.13. The third-order valence-corrected chi connectivity index (χ3v) is 2.85. The van der Waals surface area contributed by atoms with Gasteiger partial charge in [0, 0.05) is 18.7 Å². The topological polar surface area (TPSA) is 50.4 Å². The zero-order valence-electron chi connectivity index (χ0n) is 13.0. The molecule has 0 saturated heterocycles. The van der Waals surface area contributed by atoms with E-state index in [1.165, 1.54) is 12.1 Å². The van der Waals surface area contributed by atoms with Crippen molar-refractivity contribution in [3.63, 3.8) is 0 Å².